The van der Waals surface area contributed by atoms with E-state index in [2.05, 4.69) is 40.8 Å². The molecule has 2 aromatic heterocycles. The minimum absolute atomic E-state index is 0.0168. The van der Waals surface area contributed by atoms with Crippen LogP contribution >= 0.6 is 0 Å². The summed E-state index contributed by atoms with van der Waals surface area (Å²) in [4.78, 5) is 22.7. The normalized spacial score (nSPS) is 16.8. The molecule has 0 radical (unpaired) electrons. The molecule has 1 aliphatic rings. The standard InChI is InChI=1S/C23H22N6O/c1-2-19(30)28-12-6-9-16(13-28)29-23-20(22(24)25-14-26-23)21(27-29)18-11-5-8-15-7-3-4-10-17(15)18/h2-5,7-8,10-11,14,16H,1,6,9,12-13H2,(H2,24,25,26). The zero-order chi connectivity index (χ0) is 20.7. The lowest BCUT2D eigenvalue weighted by Crippen LogP contribution is -2.40. The van der Waals surface area contributed by atoms with Crippen molar-refractivity contribution in [1.82, 2.24) is 24.6 Å². The van der Waals surface area contributed by atoms with Gasteiger partial charge < -0.3 is 10.6 Å². The molecule has 1 amide bonds. The van der Waals surface area contributed by atoms with E-state index in [1.54, 1.807) is 0 Å². The van der Waals surface area contributed by atoms with Gasteiger partial charge in [0.15, 0.2) is 5.65 Å². The number of carbonyl (C=O) groups excluding carboxylic acids is 1. The van der Waals surface area contributed by atoms with Gasteiger partial charge in [-0.25, -0.2) is 14.6 Å². The number of rotatable bonds is 3. The van der Waals surface area contributed by atoms with Gasteiger partial charge in [-0.3, -0.25) is 4.79 Å². The molecule has 150 valence electrons. The van der Waals surface area contributed by atoms with Gasteiger partial charge in [0.05, 0.1) is 11.4 Å². The van der Waals surface area contributed by atoms with Crippen molar-refractivity contribution in [2.75, 3.05) is 18.8 Å². The predicted octanol–water partition coefficient (Wildman–Crippen LogP) is 3.58. The van der Waals surface area contributed by atoms with Crippen LogP contribution in [0.4, 0.5) is 5.82 Å². The number of amides is 1. The molecule has 2 aromatic carbocycles. The van der Waals surface area contributed by atoms with E-state index in [1.165, 1.54) is 12.4 Å². The topological polar surface area (TPSA) is 89.9 Å². The molecule has 4 aromatic rings. The van der Waals surface area contributed by atoms with Crippen LogP contribution in [0.25, 0.3) is 33.1 Å². The van der Waals surface area contributed by atoms with E-state index >= 15 is 0 Å². The lowest BCUT2D eigenvalue weighted by Gasteiger charge is -2.32. The Balaban J connectivity index is 1.70. The number of hydrogen-bond donors (Lipinski definition) is 1. The smallest absolute Gasteiger partial charge is 0.246 e. The molecule has 0 saturated carbocycles. The third-order valence-electron chi connectivity index (χ3n) is 5.79. The van der Waals surface area contributed by atoms with Crippen LogP contribution in [0.5, 0.6) is 0 Å². The van der Waals surface area contributed by atoms with Crippen molar-refractivity contribution in [3.05, 3.63) is 61.4 Å². The minimum Gasteiger partial charge on any atom is -0.383 e. The molecule has 0 aliphatic carbocycles. The largest absolute Gasteiger partial charge is 0.383 e. The van der Waals surface area contributed by atoms with Crippen LogP contribution in [0.2, 0.25) is 0 Å². The van der Waals surface area contributed by atoms with Crippen molar-refractivity contribution >= 4 is 33.5 Å². The summed E-state index contributed by atoms with van der Waals surface area (Å²) in [5.74, 6) is 0.351. The van der Waals surface area contributed by atoms with E-state index in [9.17, 15) is 4.79 Å². The number of nitrogens with two attached hydrogens (primary N) is 1. The second kappa shape index (κ2) is 7.26. The average Bonchev–Trinajstić information content (AvgIpc) is 3.19. The van der Waals surface area contributed by atoms with Gasteiger partial charge in [-0.15, -0.1) is 0 Å². The summed E-state index contributed by atoms with van der Waals surface area (Å²) in [6.45, 7) is 4.92. The van der Waals surface area contributed by atoms with Gasteiger partial charge in [-0.1, -0.05) is 49.0 Å². The summed E-state index contributed by atoms with van der Waals surface area (Å²) in [6.07, 6.45) is 4.65. The number of hydrogen-bond acceptors (Lipinski definition) is 5. The first-order chi connectivity index (χ1) is 14.7. The minimum atomic E-state index is -0.0559. The van der Waals surface area contributed by atoms with Crippen LogP contribution in [0.1, 0.15) is 18.9 Å². The first-order valence-electron chi connectivity index (χ1n) is 10.1. The SMILES string of the molecule is C=CC(=O)N1CCCC(n2nc(-c3cccc4ccccc34)c3c(N)ncnc32)C1. The number of aromatic nitrogens is 4. The van der Waals surface area contributed by atoms with Gasteiger partial charge in [-0.05, 0) is 29.7 Å². The van der Waals surface area contributed by atoms with Gasteiger partial charge in [0.2, 0.25) is 5.91 Å². The van der Waals surface area contributed by atoms with Crippen LogP contribution < -0.4 is 5.73 Å². The maximum absolute atomic E-state index is 12.2. The Morgan fingerprint density at radius 3 is 2.87 bits per heavy atom. The van der Waals surface area contributed by atoms with Gasteiger partial charge in [0.25, 0.3) is 0 Å². The van der Waals surface area contributed by atoms with E-state index in [1.807, 2.05) is 27.8 Å². The van der Waals surface area contributed by atoms with Gasteiger partial charge >= 0.3 is 0 Å². The fraction of sp³-hybridized carbons (Fsp3) is 0.217. The molecule has 0 bridgehead atoms. The van der Waals surface area contributed by atoms with Gasteiger partial charge in [-0.2, -0.15) is 5.10 Å². The number of anilines is 1. The van der Waals surface area contributed by atoms with Crippen molar-refractivity contribution in [1.29, 1.82) is 0 Å². The Morgan fingerprint density at radius 1 is 1.17 bits per heavy atom. The highest BCUT2D eigenvalue weighted by Crippen LogP contribution is 2.36. The van der Waals surface area contributed by atoms with Crippen molar-refractivity contribution < 1.29 is 4.79 Å². The Bertz CT molecular complexity index is 1270. The molecule has 30 heavy (non-hydrogen) atoms. The van der Waals surface area contributed by atoms with Crippen molar-refractivity contribution in [2.24, 2.45) is 0 Å². The predicted molar refractivity (Wildman–Crippen MR) is 118 cm³/mol. The highest BCUT2D eigenvalue weighted by atomic mass is 16.2. The molecule has 1 atom stereocenters. The molecule has 2 N–H and O–H groups in total. The quantitative estimate of drug-likeness (QED) is 0.533. The summed E-state index contributed by atoms with van der Waals surface area (Å²) in [7, 11) is 0. The number of likely N-dealkylation sites (tertiary alicyclic amines) is 1. The molecule has 7 heteroatoms. The number of nitrogen functional groups attached to an aromatic ring is 1. The third kappa shape index (κ3) is 2.90. The van der Waals surface area contributed by atoms with Crippen LogP contribution in [-0.2, 0) is 4.79 Å². The lowest BCUT2D eigenvalue weighted by molar-refractivity contribution is -0.127. The second-order valence-corrected chi connectivity index (χ2v) is 7.56. The van der Waals surface area contributed by atoms with Gasteiger partial charge in [0.1, 0.15) is 17.8 Å². The molecular formula is C23H22N6O. The van der Waals surface area contributed by atoms with Gasteiger partial charge in [0, 0.05) is 18.7 Å². The molecule has 0 spiro atoms. The zero-order valence-corrected chi connectivity index (χ0v) is 16.5. The summed E-state index contributed by atoms with van der Waals surface area (Å²) in [6, 6.07) is 14.4. The van der Waals surface area contributed by atoms with Crippen molar-refractivity contribution in [2.45, 2.75) is 18.9 Å². The molecule has 1 unspecified atom stereocenters. The fourth-order valence-electron chi connectivity index (χ4n) is 4.35. The van der Waals surface area contributed by atoms with E-state index in [-0.39, 0.29) is 11.9 Å². The van der Waals surface area contributed by atoms with Crippen LogP contribution in [0, 0.1) is 0 Å². The summed E-state index contributed by atoms with van der Waals surface area (Å²) >= 11 is 0. The molecule has 1 fully saturated rings. The number of carbonyl (C=O) groups is 1. The van der Waals surface area contributed by atoms with E-state index in [4.69, 9.17) is 10.8 Å². The fourth-order valence-corrected chi connectivity index (χ4v) is 4.35. The van der Waals surface area contributed by atoms with Crippen molar-refractivity contribution in [3.63, 3.8) is 0 Å². The molecule has 5 rings (SSSR count). The molecule has 1 saturated heterocycles. The first-order valence-corrected chi connectivity index (χ1v) is 10.1. The number of nitrogens with zero attached hydrogens (tertiary/aromatic N) is 5. The van der Waals surface area contributed by atoms with E-state index in [0.29, 0.717) is 18.0 Å². The average molecular weight is 398 g/mol. The number of fused-ring (bicyclic) bond motifs is 2. The summed E-state index contributed by atoms with van der Waals surface area (Å²) in [5.41, 5.74) is 8.76. The maximum Gasteiger partial charge on any atom is 0.246 e. The Labute approximate surface area is 173 Å². The van der Waals surface area contributed by atoms with Crippen LogP contribution in [0.3, 0.4) is 0 Å². The van der Waals surface area contributed by atoms with Crippen LogP contribution in [0.15, 0.2) is 61.4 Å². The first kappa shape index (κ1) is 18.3. The second-order valence-electron chi connectivity index (χ2n) is 7.56. The highest BCUT2D eigenvalue weighted by Gasteiger charge is 2.28. The molecule has 3 heterocycles. The zero-order valence-electron chi connectivity index (χ0n) is 16.5. The monoisotopic (exact) mass is 398 g/mol. The molecule has 7 nitrogen and oxygen atoms in total. The lowest BCUT2D eigenvalue weighted by atomic mass is 10.0. The third-order valence-corrected chi connectivity index (χ3v) is 5.79. The molecule has 1 aliphatic heterocycles. The Hall–Kier alpha value is -3.74. The Morgan fingerprint density at radius 2 is 2.00 bits per heavy atom. The van der Waals surface area contributed by atoms with Crippen LogP contribution in [-0.4, -0.2) is 43.6 Å². The summed E-state index contributed by atoms with van der Waals surface area (Å²) < 4.78 is 1.92. The highest BCUT2D eigenvalue weighted by molar-refractivity contribution is 6.05. The number of benzene rings is 2. The summed E-state index contributed by atoms with van der Waals surface area (Å²) in [5, 5.41) is 7.97. The Kier molecular flexibility index (Phi) is 4.43. The number of piperidine rings is 1. The van der Waals surface area contributed by atoms with E-state index < -0.39 is 0 Å². The molecular weight excluding hydrogens is 376 g/mol. The maximum atomic E-state index is 12.2. The van der Waals surface area contributed by atoms with Crippen molar-refractivity contribution in [3.8, 4) is 11.3 Å². The van der Waals surface area contributed by atoms with E-state index in [0.717, 1.165) is 46.8 Å².